The summed E-state index contributed by atoms with van der Waals surface area (Å²) in [6.45, 7) is 2.26. The molecule has 0 radical (unpaired) electrons. The molecule has 3 atom stereocenters. The van der Waals surface area contributed by atoms with Crippen LogP contribution in [0.4, 0.5) is 0 Å². The second-order valence-electron chi connectivity index (χ2n) is 6.33. The quantitative estimate of drug-likeness (QED) is 0.740. The minimum Gasteiger partial charge on any atom is -0.327 e. The lowest BCUT2D eigenvalue weighted by molar-refractivity contribution is 0.198. The Morgan fingerprint density at radius 1 is 1.05 bits per heavy atom. The summed E-state index contributed by atoms with van der Waals surface area (Å²) in [4.78, 5) is 0. The number of rotatable bonds is 2. The molecular weight excluding hydrogens is 242 g/mol. The van der Waals surface area contributed by atoms with Crippen molar-refractivity contribution in [2.45, 2.75) is 38.1 Å². The van der Waals surface area contributed by atoms with Crippen LogP contribution in [0.3, 0.4) is 0 Å². The molecule has 0 amide bonds. The van der Waals surface area contributed by atoms with Crippen LogP contribution >= 0.6 is 0 Å². The van der Waals surface area contributed by atoms with Crippen LogP contribution in [0, 0.1) is 5.92 Å². The predicted octanol–water partition coefficient (Wildman–Crippen LogP) is 4.10. The summed E-state index contributed by atoms with van der Waals surface area (Å²) in [5.41, 5.74) is 13.5. The fraction of sp³-hybridized carbons (Fsp3) is 0.368. The van der Waals surface area contributed by atoms with Crippen LogP contribution in [0.15, 0.2) is 42.5 Å². The van der Waals surface area contributed by atoms with E-state index in [-0.39, 0.29) is 0 Å². The molecule has 4 rings (SSSR count). The lowest BCUT2D eigenvalue weighted by Gasteiger charge is -2.43. The molecule has 0 aromatic heterocycles. The smallest absolute Gasteiger partial charge is 0.00788 e. The van der Waals surface area contributed by atoms with E-state index >= 15 is 0 Å². The van der Waals surface area contributed by atoms with Crippen LogP contribution in [0.1, 0.15) is 42.4 Å². The van der Waals surface area contributed by atoms with Crippen molar-refractivity contribution < 1.29 is 0 Å². The highest BCUT2D eigenvalue weighted by atomic mass is 14.7. The standard InChI is InChI=1S/C19H21N/c1-2-15-18(11-19(15)20)13-7-8-17-14(10-13)9-12-5-3-4-6-16(12)17/h3-8,10,15,18-19H,2,9,11,20H2,1H3. The highest BCUT2D eigenvalue weighted by molar-refractivity contribution is 5.77. The fourth-order valence-corrected chi connectivity index (χ4v) is 4.11. The maximum absolute atomic E-state index is 6.14. The molecule has 1 heteroatoms. The Hall–Kier alpha value is -1.60. The third kappa shape index (κ3) is 1.66. The van der Waals surface area contributed by atoms with Gasteiger partial charge >= 0.3 is 0 Å². The van der Waals surface area contributed by atoms with E-state index in [4.69, 9.17) is 5.73 Å². The summed E-state index contributed by atoms with van der Waals surface area (Å²) in [6, 6.07) is 16.3. The largest absolute Gasteiger partial charge is 0.327 e. The van der Waals surface area contributed by atoms with E-state index in [1.54, 1.807) is 0 Å². The zero-order valence-electron chi connectivity index (χ0n) is 12.0. The Morgan fingerprint density at radius 3 is 2.65 bits per heavy atom. The summed E-state index contributed by atoms with van der Waals surface area (Å²) in [7, 11) is 0. The molecule has 20 heavy (non-hydrogen) atoms. The van der Waals surface area contributed by atoms with Gasteiger partial charge in [-0.2, -0.15) is 0 Å². The van der Waals surface area contributed by atoms with Gasteiger partial charge in [0.15, 0.2) is 0 Å². The average Bonchev–Trinajstić information content (AvgIpc) is 2.82. The number of nitrogens with two attached hydrogens (primary N) is 1. The topological polar surface area (TPSA) is 26.0 Å². The zero-order chi connectivity index (χ0) is 13.7. The van der Waals surface area contributed by atoms with Gasteiger partial charge in [0.05, 0.1) is 0 Å². The molecule has 3 unspecified atom stereocenters. The van der Waals surface area contributed by atoms with Crippen LogP contribution in [0.2, 0.25) is 0 Å². The van der Waals surface area contributed by atoms with Crippen molar-refractivity contribution in [2.24, 2.45) is 11.7 Å². The van der Waals surface area contributed by atoms with Crippen molar-refractivity contribution in [3.8, 4) is 11.1 Å². The van der Waals surface area contributed by atoms with E-state index in [0.717, 1.165) is 12.8 Å². The third-order valence-electron chi connectivity index (χ3n) is 5.31. The molecule has 2 aliphatic carbocycles. The first-order chi connectivity index (χ1) is 9.78. The van der Waals surface area contributed by atoms with Crippen LogP contribution in [-0.4, -0.2) is 6.04 Å². The Labute approximate surface area is 120 Å². The second kappa shape index (κ2) is 4.46. The van der Waals surface area contributed by atoms with E-state index < -0.39 is 0 Å². The fourth-order valence-electron chi connectivity index (χ4n) is 4.11. The number of hydrogen-bond acceptors (Lipinski definition) is 1. The molecule has 0 aliphatic heterocycles. The number of fused-ring (bicyclic) bond motifs is 3. The summed E-state index contributed by atoms with van der Waals surface area (Å²) in [6.07, 6.45) is 3.45. The Balaban J connectivity index is 1.69. The van der Waals surface area contributed by atoms with E-state index in [1.807, 2.05) is 0 Å². The Morgan fingerprint density at radius 2 is 1.85 bits per heavy atom. The molecule has 1 fully saturated rings. The lowest BCUT2D eigenvalue weighted by atomic mass is 9.65. The van der Waals surface area contributed by atoms with Crippen molar-refractivity contribution in [1.29, 1.82) is 0 Å². The van der Waals surface area contributed by atoms with Crippen molar-refractivity contribution in [3.05, 3.63) is 59.2 Å². The number of hydrogen-bond donors (Lipinski definition) is 1. The summed E-state index contributed by atoms with van der Waals surface area (Å²) < 4.78 is 0. The Bertz CT molecular complexity index is 659. The van der Waals surface area contributed by atoms with Gasteiger partial charge in [0.1, 0.15) is 0 Å². The minimum atomic E-state index is 0.412. The Kier molecular flexibility index (Phi) is 2.71. The molecular formula is C19H21N. The van der Waals surface area contributed by atoms with Gasteiger partial charge in [-0.1, -0.05) is 55.8 Å². The number of benzene rings is 2. The van der Waals surface area contributed by atoms with Crippen molar-refractivity contribution in [3.63, 3.8) is 0 Å². The summed E-state index contributed by atoms with van der Waals surface area (Å²) >= 11 is 0. The van der Waals surface area contributed by atoms with E-state index in [0.29, 0.717) is 17.9 Å². The van der Waals surface area contributed by atoms with Crippen molar-refractivity contribution in [1.82, 2.24) is 0 Å². The van der Waals surface area contributed by atoms with Gasteiger partial charge < -0.3 is 5.73 Å². The van der Waals surface area contributed by atoms with Gasteiger partial charge in [0.2, 0.25) is 0 Å². The molecule has 2 aliphatic rings. The first-order valence-electron chi connectivity index (χ1n) is 7.74. The predicted molar refractivity (Wildman–Crippen MR) is 83.8 cm³/mol. The molecule has 0 spiro atoms. The monoisotopic (exact) mass is 263 g/mol. The molecule has 102 valence electrons. The van der Waals surface area contributed by atoms with Gasteiger partial charge in [-0.25, -0.2) is 0 Å². The highest BCUT2D eigenvalue weighted by Gasteiger charge is 2.38. The zero-order valence-corrected chi connectivity index (χ0v) is 12.0. The van der Waals surface area contributed by atoms with Crippen LogP contribution in [0.5, 0.6) is 0 Å². The first-order valence-corrected chi connectivity index (χ1v) is 7.74. The molecule has 0 saturated heterocycles. The van der Waals surface area contributed by atoms with Gasteiger partial charge in [0, 0.05) is 6.04 Å². The maximum atomic E-state index is 6.14. The van der Waals surface area contributed by atoms with Gasteiger partial charge in [0.25, 0.3) is 0 Å². The van der Waals surface area contributed by atoms with E-state index in [2.05, 4.69) is 49.4 Å². The molecule has 0 heterocycles. The maximum Gasteiger partial charge on any atom is 0.00788 e. The molecule has 1 nitrogen and oxygen atoms in total. The normalized spacial score (nSPS) is 26.8. The van der Waals surface area contributed by atoms with Gasteiger partial charge in [-0.3, -0.25) is 0 Å². The molecule has 1 saturated carbocycles. The lowest BCUT2D eigenvalue weighted by Crippen LogP contribution is -2.45. The molecule has 2 aromatic carbocycles. The van der Waals surface area contributed by atoms with Gasteiger partial charge in [-0.05, 0) is 52.5 Å². The van der Waals surface area contributed by atoms with E-state index in [1.165, 1.54) is 34.2 Å². The molecule has 2 N–H and O–H groups in total. The van der Waals surface area contributed by atoms with Gasteiger partial charge in [-0.15, -0.1) is 0 Å². The third-order valence-corrected chi connectivity index (χ3v) is 5.31. The summed E-state index contributed by atoms with van der Waals surface area (Å²) in [5.74, 6) is 1.36. The SMILES string of the molecule is CCC1C(N)CC1c1ccc2c(c1)Cc1ccccc1-2. The first kappa shape index (κ1) is 12.2. The van der Waals surface area contributed by atoms with E-state index in [9.17, 15) is 0 Å². The molecule has 2 aromatic rings. The van der Waals surface area contributed by atoms with Crippen LogP contribution < -0.4 is 5.73 Å². The molecule has 0 bridgehead atoms. The highest BCUT2D eigenvalue weighted by Crippen LogP contribution is 2.45. The second-order valence-corrected chi connectivity index (χ2v) is 6.33. The minimum absolute atomic E-state index is 0.412. The van der Waals surface area contributed by atoms with Crippen molar-refractivity contribution in [2.75, 3.05) is 0 Å². The van der Waals surface area contributed by atoms with Crippen molar-refractivity contribution >= 4 is 0 Å². The van der Waals surface area contributed by atoms with Crippen LogP contribution in [0.25, 0.3) is 11.1 Å². The average molecular weight is 263 g/mol. The summed E-state index contributed by atoms with van der Waals surface area (Å²) in [5, 5.41) is 0. The van der Waals surface area contributed by atoms with Crippen LogP contribution in [-0.2, 0) is 6.42 Å².